The van der Waals surface area contributed by atoms with E-state index >= 15 is 0 Å². The molecule has 0 aromatic rings. The number of hydrogen-bond donors (Lipinski definition) is 0. The maximum absolute atomic E-state index is 12.4. The number of hydrogen-bond acceptors (Lipinski definition) is 0. The molecule has 0 saturated heterocycles. The lowest BCUT2D eigenvalue weighted by molar-refractivity contribution is 0.0866. The Labute approximate surface area is 63.6 Å². The standard InChI is InChI=1S/C7H12F4/c1-2-5(8)3-6(9)4-7(10)11/h5-7H,2-4H2,1H3/t5?,6-/m0/s1. The Morgan fingerprint density at radius 1 is 0.909 bits per heavy atom. The van der Waals surface area contributed by atoms with Crippen molar-refractivity contribution < 1.29 is 17.6 Å². The van der Waals surface area contributed by atoms with Crippen molar-refractivity contribution in [3.05, 3.63) is 0 Å². The minimum absolute atomic E-state index is 0.184. The van der Waals surface area contributed by atoms with Crippen LogP contribution in [0.4, 0.5) is 17.6 Å². The molecule has 0 aliphatic heterocycles. The summed E-state index contributed by atoms with van der Waals surface area (Å²) in [4.78, 5) is 0. The van der Waals surface area contributed by atoms with Gasteiger partial charge in [0.1, 0.15) is 12.3 Å². The van der Waals surface area contributed by atoms with E-state index in [1.165, 1.54) is 0 Å². The predicted molar refractivity (Wildman–Crippen MR) is 35.3 cm³/mol. The van der Waals surface area contributed by atoms with E-state index in [2.05, 4.69) is 0 Å². The molecule has 0 radical (unpaired) electrons. The molecule has 0 bridgehead atoms. The van der Waals surface area contributed by atoms with Gasteiger partial charge in [-0.1, -0.05) is 6.92 Å². The lowest BCUT2D eigenvalue weighted by atomic mass is 10.1. The summed E-state index contributed by atoms with van der Waals surface area (Å²) in [6, 6.07) is 0. The van der Waals surface area contributed by atoms with Gasteiger partial charge in [0.2, 0.25) is 6.43 Å². The fourth-order valence-electron chi connectivity index (χ4n) is 0.734. The Morgan fingerprint density at radius 2 is 1.45 bits per heavy atom. The Bertz CT molecular complexity index is 94.4. The summed E-state index contributed by atoms with van der Waals surface area (Å²) >= 11 is 0. The molecule has 0 aromatic carbocycles. The second kappa shape index (κ2) is 5.38. The maximum atomic E-state index is 12.4. The third-order valence-corrected chi connectivity index (χ3v) is 1.39. The summed E-state index contributed by atoms with van der Waals surface area (Å²) in [5.74, 6) is 0. The van der Waals surface area contributed by atoms with Crippen LogP contribution in [0.1, 0.15) is 26.2 Å². The van der Waals surface area contributed by atoms with Gasteiger partial charge in [0, 0.05) is 12.8 Å². The van der Waals surface area contributed by atoms with Crippen molar-refractivity contribution in [2.75, 3.05) is 0 Å². The van der Waals surface area contributed by atoms with E-state index in [4.69, 9.17) is 0 Å². The fourth-order valence-corrected chi connectivity index (χ4v) is 0.734. The SMILES string of the molecule is CCC(F)C[C@H](F)CC(F)F. The van der Waals surface area contributed by atoms with Crippen molar-refractivity contribution in [3.63, 3.8) is 0 Å². The second-order valence-corrected chi connectivity index (χ2v) is 2.47. The molecular weight excluding hydrogens is 160 g/mol. The molecular formula is C7H12F4. The normalized spacial score (nSPS) is 16.9. The molecule has 0 fully saturated rings. The molecule has 0 aliphatic rings. The molecule has 2 atom stereocenters. The van der Waals surface area contributed by atoms with Crippen LogP contribution in [0.3, 0.4) is 0 Å². The molecule has 0 heterocycles. The number of rotatable bonds is 5. The van der Waals surface area contributed by atoms with Gasteiger partial charge >= 0.3 is 0 Å². The van der Waals surface area contributed by atoms with Crippen LogP contribution < -0.4 is 0 Å². The maximum Gasteiger partial charge on any atom is 0.241 e. The summed E-state index contributed by atoms with van der Waals surface area (Å²) in [7, 11) is 0. The van der Waals surface area contributed by atoms with Gasteiger partial charge in [-0.3, -0.25) is 0 Å². The van der Waals surface area contributed by atoms with E-state index in [0.29, 0.717) is 0 Å². The van der Waals surface area contributed by atoms with Crippen molar-refractivity contribution >= 4 is 0 Å². The van der Waals surface area contributed by atoms with Crippen LogP contribution in [-0.2, 0) is 0 Å². The molecule has 0 amide bonds. The molecule has 0 spiro atoms. The second-order valence-electron chi connectivity index (χ2n) is 2.47. The van der Waals surface area contributed by atoms with Gasteiger partial charge in [-0.05, 0) is 6.42 Å². The Balaban J connectivity index is 3.43. The highest BCUT2D eigenvalue weighted by molar-refractivity contribution is 4.63. The molecule has 68 valence electrons. The van der Waals surface area contributed by atoms with Crippen molar-refractivity contribution in [2.45, 2.75) is 45.0 Å². The quantitative estimate of drug-likeness (QED) is 0.559. The molecule has 4 heteroatoms. The van der Waals surface area contributed by atoms with Crippen LogP contribution in [0, 0.1) is 0 Å². The van der Waals surface area contributed by atoms with Gasteiger partial charge in [-0.15, -0.1) is 0 Å². The predicted octanol–water partition coefficient (Wildman–Crippen LogP) is 3.12. The third kappa shape index (κ3) is 6.13. The molecule has 1 unspecified atom stereocenters. The van der Waals surface area contributed by atoms with Crippen molar-refractivity contribution in [1.82, 2.24) is 0 Å². The first-order valence-electron chi connectivity index (χ1n) is 3.62. The summed E-state index contributed by atoms with van der Waals surface area (Å²) in [6.45, 7) is 1.56. The van der Waals surface area contributed by atoms with Gasteiger partial charge in [0.05, 0.1) is 0 Å². The van der Waals surface area contributed by atoms with E-state index in [-0.39, 0.29) is 6.42 Å². The Hall–Kier alpha value is -0.280. The lowest BCUT2D eigenvalue weighted by Gasteiger charge is -2.09. The van der Waals surface area contributed by atoms with Crippen molar-refractivity contribution in [3.8, 4) is 0 Å². The Kier molecular flexibility index (Phi) is 5.24. The van der Waals surface area contributed by atoms with Gasteiger partial charge in [-0.2, -0.15) is 0 Å². The fraction of sp³-hybridized carbons (Fsp3) is 1.00. The van der Waals surface area contributed by atoms with Gasteiger partial charge < -0.3 is 0 Å². The third-order valence-electron chi connectivity index (χ3n) is 1.39. The van der Waals surface area contributed by atoms with Gasteiger partial charge in [0.25, 0.3) is 0 Å². The molecule has 0 aliphatic carbocycles. The lowest BCUT2D eigenvalue weighted by Crippen LogP contribution is -2.12. The number of alkyl halides is 4. The molecule has 0 N–H and O–H groups in total. The van der Waals surface area contributed by atoms with Crippen LogP contribution in [0.2, 0.25) is 0 Å². The zero-order chi connectivity index (χ0) is 8.85. The molecule has 0 aromatic heterocycles. The van der Waals surface area contributed by atoms with Crippen LogP contribution >= 0.6 is 0 Å². The molecule has 0 nitrogen and oxygen atoms in total. The van der Waals surface area contributed by atoms with E-state index < -0.39 is 31.6 Å². The zero-order valence-electron chi connectivity index (χ0n) is 6.37. The molecule has 11 heavy (non-hydrogen) atoms. The first-order valence-corrected chi connectivity index (χ1v) is 3.62. The van der Waals surface area contributed by atoms with E-state index in [0.717, 1.165) is 0 Å². The van der Waals surface area contributed by atoms with Crippen LogP contribution in [0.25, 0.3) is 0 Å². The largest absolute Gasteiger partial charge is 0.247 e. The summed E-state index contributed by atoms with van der Waals surface area (Å²) in [5.41, 5.74) is 0. The highest BCUT2D eigenvalue weighted by Gasteiger charge is 2.17. The van der Waals surface area contributed by atoms with Gasteiger partial charge in [0.15, 0.2) is 0 Å². The summed E-state index contributed by atoms with van der Waals surface area (Å²) in [6.07, 6.45) is -6.73. The van der Waals surface area contributed by atoms with Crippen molar-refractivity contribution in [1.29, 1.82) is 0 Å². The highest BCUT2D eigenvalue weighted by Crippen LogP contribution is 2.15. The summed E-state index contributed by atoms with van der Waals surface area (Å²) < 4.78 is 47.7. The minimum Gasteiger partial charge on any atom is -0.247 e. The van der Waals surface area contributed by atoms with Crippen LogP contribution in [0.15, 0.2) is 0 Å². The smallest absolute Gasteiger partial charge is 0.241 e. The molecule has 0 rings (SSSR count). The average Bonchev–Trinajstić information content (AvgIpc) is 1.85. The topological polar surface area (TPSA) is 0 Å². The first kappa shape index (κ1) is 10.7. The van der Waals surface area contributed by atoms with Gasteiger partial charge in [-0.25, -0.2) is 17.6 Å². The molecule has 0 saturated carbocycles. The van der Waals surface area contributed by atoms with Crippen LogP contribution in [-0.4, -0.2) is 18.8 Å². The van der Waals surface area contributed by atoms with E-state index in [1.54, 1.807) is 6.92 Å². The first-order chi connectivity index (χ1) is 5.06. The monoisotopic (exact) mass is 172 g/mol. The number of halogens is 4. The van der Waals surface area contributed by atoms with Crippen molar-refractivity contribution in [2.24, 2.45) is 0 Å². The highest BCUT2D eigenvalue weighted by atomic mass is 19.3. The minimum atomic E-state index is -2.67. The Morgan fingerprint density at radius 3 is 1.82 bits per heavy atom. The van der Waals surface area contributed by atoms with E-state index in [1.807, 2.05) is 0 Å². The zero-order valence-corrected chi connectivity index (χ0v) is 6.37. The average molecular weight is 172 g/mol. The summed E-state index contributed by atoms with van der Waals surface area (Å²) in [5, 5.41) is 0. The van der Waals surface area contributed by atoms with E-state index in [9.17, 15) is 17.6 Å². The van der Waals surface area contributed by atoms with Crippen LogP contribution in [0.5, 0.6) is 0 Å².